The molecule has 0 amide bonds. The van der Waals surface area contributed by atoms with Gasteiger partial charge in [-0.3, -0.25) is 0 Å². The lowest BCUT2D eigenvalue weighted by atomic mass is 9.67. The molecule has 1 saturated carbocycles. The summed E-state index contributed by atoms with van der Waals surface area (Å²) in [6, 6.07) is 0. The third kappa shape index (κ3) is 1.62. The summed E-state index contributed by atoms with van der Waals surface area (Å²) >= 11 is 0. The minimum atomic E-state index is -2.13. The maximum absolute atomic E-state index is 12.8. The first-order chi connectivity index (χ1) is 5.59. The van der Waals surface area contributed by atoms with Crippen LogP contribution in [0.25, 0.3) is 0 Å². The minimum Gasteiger partial charge on any atom is -0.210 e. The van der Waals surface area contributed by atoms with E-state index in [-0.39, 0.29) is 5.92 Å². The van der Waals surface area contributed by atoms with Crippen LogP contribution in [0, 0.1) is 11.3 Å². The third-order valence-corrected chi connectivity index (χ3v) is 3.37. The van der Waals surface area contributed by atoms with Gasteiger partial charge >= 0.3 is 0 Å². The van der Waals surface area contributed by atoms with Gasteiger partial charge < -0.3 is 0 Å². The number of rotatable bonds is 2. The summed E-state index contributed by atoms with van der Waals surface area (Å²) in [5.41, 5.74) is -0.655. The summed E-state index contributed by atoms with van der Waals surface area (Å²) in [5.74, 6) is 0.123. The number of hydrogen-bond donors (Lipinski definition) is 0. The van der Waals surface area contributed by atoms with Crippen LogP contribution in [0.15, 0.2) is 0 Å². The van der Waals surface area contributed by atoms with Crippen LogP contribution in [0.2, 0.25) is 0 Å². The number of alkyl halides is 2. The van der Waals surface area contributed by atoms with Crippen LogP contribution in [0.4, 0.5) is 8.78 Å². The molecule has 12 heavy (non-hydrogen) atoms. The fourth-order valence-electron chi connectivity index (χ4n) is 2.26. The second-order valence-corrected chi connectivity index (χ2v) is 4.25. The van der Waals surface area contributed by atoms with Crippen molar-refractivity contribution in [3.05, 3.63) is 0 Å². The normalized spacial score (nSPS) is 23.5. The molecule has 0 saturated heterocycles. The van der Waals surface area contributed by atoms with Gasteiger partial charge in [-0.25, -0.2) is 8.78 Å². The Kier molecular flexibility index (Phi) is 3.08. The highest BCUT2D eigenvalue weighted by Gasteiger charge is 2.43. The lowest BCUT2D eigenvalue weighted by Crippen LogP contribution is -2.37. The SMILES string of the molecule is CC(C)C1(C(F)F)CCCCC1. The molecular formula is C10H18F2. The van der Waals surface area contributed by atoms with Crippen molar-refractivity contribution >= 4 is 0 Å². The predicted molar refractivity (Wildman–Crippen MR) is 46.4 cm³/mol. The average molecular weight is 176 g/mol. The Labute approximate surface area is 73.3 Å². The molecule has 0 N–H and O–H groups in total. The van der Waals surface area contributed by atoms with Crippen LogP contribution >= 0.6 is 0 Å². The largest absolute Gasteiger partial charge is 0.244 e. The molecule has 0 aromatic rings. The molecule has 0 heterocycles. The topological polar surface area (TPSA) is 0 Å². The fourth-order valence-corrected chi connectivity index (χ4v) is 2.26. The summed E-state index contributed by atoms with van der Waals surface area (Å²) in [6.45, 7) is 3.86. The Bertz CT molecular complexity index is 125. The third-order valence-electron chi connectivity index (χ3n) is 3.37. The zero-order chi connectivity index (χ0) is 9.19. The quantitative estimate of drug-likeness (QED) is 0.599. The molecule has 0 aromatic heterocycles. The molecule has 1 aliphatic rings. The van der Waals surface area contributed by atoms with Crippen molar-refractivity contribution in [2.24, 2.45) is 11.3 Å². The van der Waals surface area contributed by atoms with E-state index in [1.54, 1.807) is 0 Å². The molecule has 0 radical (unpaired) electrons. The Morgan fingerprint density at radius 3 is 1.75 bits per heavy atom. The van der Waals surface area contributed by atoms with Crippen molar-refractivity contribution in [2.45, 2.75) is 52.4 Å². The summed E-state index contributed by atoms with van der Waals surface area (Å²) in [5, 5.41) is 0. The Balaban J connectivity index is 2.70. The summed E-state index contributed by atoms with van der Waals surface area (Å²) in [6.07, 6.45) is 2.44. The maximum Gasteiger partial charge on any atom is 0.244 e. The van der Waals surface area contributed by atoms with Gasteiger partial charge in [-0.2, -0.15) is 0 Å². The van der Waals surface area contributed by atoms with E-state index >= 15 is 0 Å². The van der Waals surface area contributed by atoms with E-state index in [9.17, 15) is 8.78 Å². The minimum absolute atomic E-state index is 0.123. The van der Waals surface area contributed by atoms with Crippen molar-refractivity contribution < 1.29 is 8.78 Å². The zero-order valence-electron chi connectivity index (χ0n) is 7.95. The molecule has 0 aromatic carbocycles. The zero-order valence-corrected chi connectivity index (χ0v) is 7.95. The first-order valence-corrected chi connectivity index (χ1v) is 4.88. The molecule has 0 spiro atoms. The molecule has 1 rings (SSSR count). The summed E-state index contributed by atoms with van der Waals surface area (Å²) in [4.78, 5) is 0. The van der Waals surface area contributed by atoms with E-state index in [1.807, 2.05) is 13.8 Å². The van der Waals surface area contributed by atoms with E-state index in [2.05, 4.69) is 0 Å². The molecule has 1 aliphatic carbocycles. The monoisotopic (exact) mass is 176 g/mol. The van der Waals surface area contributed by atoms with Gasteiger partial charge in [-0.15, -0.1) is 0 Å². The first kappa shape index (κ1) is 9.94. The highest BCUT2D eigenvalue weighted by atomic mass is 19.3. The molecule has 0 aliphatic heterocycles. The standard InChI is InChI=1S/C10H18F2/c1-8(2)10(9(11)12)6-4-3-5-7-10/h8-9H,3-7H2,1-2H3. The molecular weight excluding hydrogens is 158 g/mol. The van der Waals surface area contributed by atoms with Gasteiger partial charge in [-0.05, 0) is 18.8 Å². The van der Waals surface area contributed by atoms with Crippen LogP contribution in [0.1, 0.15) is 46.0 Å². The van der Waals surface area contributed by atoms with Crippen molar-refractivity contribution in [3.8, 4) is 0 Å². The molecule has 0 nitrogen and oxygen atoms in total. The Hall–Kier alpha value is -0.140. The van der Waals surface area contributed by atoms with Crippen molar-refractivity contribution in [1.29, 1.82) is 0 Å². The lowest BCUT2D eigenvalue weighted by Gasteiger charge is -2.40. The van der Waals surface area contributed by atoms with Crippen molar-refractivity contribution in [2.75, 3.05) is 0 Å². The fraction of sp³-hybridized carbons (Fsp3) is 1.00. The maximum atomic E-state index is 12.8. The van der Waals surface area contributed by atoms with Crippen molar-refractivity contribution in [1.82, 2.24) is 0 Å². The van der Waals surface area contributed by atoms with Crippen molar-refractivity contribution in [3.63, 3.8) is 0 Å². The summed E-state index contributed by atoms with van der Waals surface area (Å²) < 4.78 is 25.7. The van der Waals surface area contributed by atoms with Crippen LogP contribution in [0.3, 0.4) is 0 Å². The van der Waals surface area contributed by atoms with Gasteiger partial charge in [0.2, 0.25) is 6.43 Å². The molecule has 0 unspecified atom stereocenters. The van der Waals surface area contributed by atoms with E-state index < -0.39 is 11.8 Å². The summed E-state index contributed by atoms with van der Waals surface area (Å²) in [7, 11) is 0. The van der Waals surface area contributed by atoms with E-state index in [1.165, 1.54) is 0 Å². The second-order valence-electron chi connectivity index (χ2n) is 4.25. The molecule has 2 heteroatoms. The van der Waals surface area contributed by atoms with E-state index in [0.717, 1.165) is 32.1 Å². The highest BCUT2D eigenvalue weighted by Crippen LogP contribution is 2.46. The van der Waals surface area contributed by atoms with Crippen LogP contribution < -0.4 is 0 Å². The molecule has 72 valence electrons. The van der Waals surface area contributed by atoms with Gasteiger partial charge in [0.15, 0.2) is 0 Å². The first-order valence-electron chi connectivity index (χ1n) is 4.88. The van der Waals surface area contributed by atoms with Gasteiger partial charge in [0.1, 0.15) is 0 Å². The van der Waals surface area contributed by atoms with E-state index in [4.69, 9.17) is 0 Å². The lowest BCUT2D eigenvalue weighted by molar-refractivity contribution is -0.0626. The van der Waals surface area contributed by atoms with Crippen LogP contribution in [0.5, 0.6) is 0 Å². The van der Waals surface area contributed by atoms with Gasteiger partial charge in [0.05, 0.1) is 0 Å². The highest BCUT2D eigenvalue weighted by molar-refractivity contribution is 4.87. The number of hydrogen-bond acceptors (Lipinski definition) is 0. The smallest absolute Gasteiger partial charge is 0.210 e. The number of halogens is 2. The van der Waals surface area contributed by atoms with E-state index in [0.29, 0.717) is 0 Å². The Morgan fingerprint density at radius 2 is 1.50 bits per heavy atom. The van der Waals surface area contributed by atoms with Gasteiger partial charge in [0, 0.05) is 5.41 Å². The predicted octanol–water partition coefficient (Wildman–Crippen LogP) is 3.86. The molecule has 0 bridgehead atoms. The van der Waals surface area contributed by atoms with Gasteiger partial charge in [-0.1, -0.05) is 33.1 Å². The Morgan fingerprint density at radius 1 is 1.00 bits per heavy atom. The van der Waals surface area contributed by atoms with Crippen LogP contribution in [-0.4, -0.2) is 6.43 Å². The van der Waals surface area contributed by atoms with Crippen LogP contribution in [-0.2, 0) is 0 Å². The average Bonchev–Trinajstić information content (AvgIpc) is 2.05. The van der Waals surface area contributed by atoms with Gasteiger partial charge in [0.25, 0.3) is 0 Å². The second kappa shape index (κ2) is 3.71. The molecule has 1 fully saturated rings. The molecule has 0 atom stereocenters.